The lowest BCUT2D eigenvalue weighted by Gasteiger charge is -2.36. The van der Waals surface area contributed by atoms with Crippen LogP contribution in [0.3, 0.4) is 0 Å². The molecule has 2 fully saturated rings. The van der Waals surface area contributed by atoms with Crippen molar-refractivity contribution in [1.29, 1.82) is 0 Å². The molecular formula is C25H25N11O13S2. The fraction of sp³-hybridized carbons (Fsp3) is 0.280. The zero-order valence-electron chi connectivity index (χ0n) is 26.0. The van der Waals surface area contributed by atoms with Crippen LogP contribution in [0.1, 0.15) is 29.9 Å². The van der Waals surface area contributed by atoms with Gasteiger partial charge in [0.1, 0.15) is 22.9 Å². The topological polar surface area (TPSA) is 338 Å². The quantitative estimate of drug-likeness (QED) is 0.0620. The van der Waals surface area contributed by atoms with E-state index in [4.69, 9.17) is 10.6 Å². The molecule has 0 unspecified atom stereocenters. The van der Waals surface area contributed by atoms with Crippen molar-refractivity contribution in [2.24, 2.45) is 5.16 Å². The summed E-state index contributed by atoms with van der Waals surface area (Å²) in [5, 5.41) is 36.2. The molecule has 0 bridgehead atoms. The Morgan fingerprint density at radius 1 is 1.14 bits per heavy atom. The van der Waals surface area contributed by atoms with Crippen molar-refractivity contribution < 1.29 is 57.3 Å². The number of carboxylic acid groups (broad SMARTS) is 1. The van der Waals surface area contributed by atoms with Gasteiger partial charge in [0.25, 0.3) is 23.3 Å². The van der Waals surface area contributed by atoms with Gasteiger partial charge in [0.15, 0.2) is 22.3 Å². The molecule has 0 spiro atoms. The second-order valence-electron chi connectivity index (χ2n) is 11.0. The van der Waals surface area contributed by atoms with Crippen LogP contribution in [-0.4, -0.2) is 125 Å². The molecule has 5 heterocycles. The number of hydrogen-bond acceptors (Lipinski definition) is 17. The molecule has 0 radical (unpaired) electrons. The number of β-lactam (4-membered cyclic amide) rings is 1. The highest BCUT2D eigenvalue weighted by atomic mass is 32.2. The summed E-state index contributed by atoms with van der Waals surface area (Å²) in [7, 11) is -4.97. The van der Waals surface area contributed by atoms with Gasteiger partial charge in [-0.2, -0.15) is 8.42 Å². The molecule has 26 heteroatoms. The number of oxime groups is 1. The van der Waals surface area contributed by atoms with E-state index in [1.54, 1.807) is 4.72 Å². The van der Waals surface area contributed by atoms with Gasteiger partial charge in [0, 0.05) is 17.6 Å². The molecule has 2 saturated heterocycles. The third-order valence-corrected chi connectivity index (χ3v) is 9.13. The highest BCUT2D eigenvalue weighted by Crippen LogP contribution is 2.24. The minimum Gasteiger partial charge on any atom is -0.504 e. The van der Waals surface area contributed by atoms with Crippen LogP contribution in [0.4, 0.5) is 14.7 Å². The number of aromatic nitrogens is 3. The van der Waals surface area contributed by atoms with Crippen LogP contribution in [0.15, 0.2) is 33.8 Å². The van der Waals surface area contributed by atoms with Gasteiger partial charge in [-0.15, -0.1) is 11.3 Å². The molecule has 2 aliphatic rings. The number of fused-ring (bicyclic) bond motifs is 1. The number of aromatic hydroxyl groups is 2. The van der Waals surface area contributed by atoms with Crippen molar-refractivity contribution in [2.75, 3.05) is 25.4 Å². The number of pyridine rings is 1. The number of urea groups is 2. The van der Waals surface area contributed by atoms with Gasteiger partial charge in [-0.1, -0.05) is 5.16 Å². The maximum absolute atomic E-state index is 13.0. The average molecular weight is 752 g/mol. The van der Waals surface area contributed by atoms with Crippen molar-refractivity contribution in [2.45, 2.75) is 25.5 Å². The second-order valence-corrected chi connectivity index (χ2v) is 13.5. The Hall–Kier alpha value is -6.57. The number of thiazole rings is 1. The summed E-state index contributed by atoms with van der Waals surface area (Å²) in [4.78, 5) is 101. The minimum atomic E-state index is -4.97. The Morgan fingerprint density at radius 2 is 1.84 bits per heavy atom. The number of carbonyl (C=O) groups excluding carboxylic acids is 5. The molecule has 1 atom stereocenters. The maximum Gasteiger partial charge on any atom is 0.353 e. The van der Waals surface area contributed by atoms with E-state index in [1.807, 2.05) is 0 Å². The zero-order chi connectivity index (χ0) is 37.6. The molecule has 3 aromatic rings. The Morgan fingerprint density at radius 3 is 2.47 bits per heavy atom. The highest BCUT2D eigenvalue weighted by Gasteiger charge is 2.46. The smallest absolute Gasteiger partial charge is 0.353 e. The number of nitrogens with two attached hydrogens (primary N) is 1. The number of aliphatic carboxylic acids is 1. The Balaban J connectivity index is 1.19. The fourth-order valence-corrected chi connectivity index (χ4v) is 5.86. The van der Waals surface area contributed by atoms with Crippen LogP contribution in [0.2, 0.25) is 0 Å². The van der Waals surface area contributed by atoms with Gasteiger partial charge in [0.2, 0.25) is 5.60 Å². The van der Waals surface area contributed by atoms with Gasteiger partial charge < -0.3 is 31.2 Å². The molecule has 3 aromatic heterocycles. The van der Waals surface area contributed by atoms with Crippen LogP contribution < -0.4 is 26.8 Å². The summed E-state index contributed by atoms with van der Waals surface area (Å²) >= 11 is 0.919. The molecule has 0 aromatic carbocycles. The lowest BCUT2D eigenvalue weighted by Crippen LogP contribution is -2.68. The van der Waals surface area contributed by atoms with E-state index in [9.17, 15) is 57.3 Å². The summed E-state index contributed by atoms with van der Waals surface area (Å²) in [6.07, 6.45) is 1.63. The number of nitrogens with one attached hydrogen (secondary N) is 3. The first-order valence-electron chi connectivity index (χ1n) is 14.0. The first kappa shape index (κ1) is 35.7. The Labute approximate surface area is 287 Å². The van der Waals surface area contributed by atoms with Crippen LogP contribution in [0, 0.1) is 0 Å². The highest BCUT2D eigenvalue weighted by molar-refractivity contribution is 7.88. The van der Waals surface area contributed by atoms with E-state index < -0.39 is 106 Å². The van der Waals surface area contributed by atoms with Crippen molar-refractivity contribution in [3.63, 3.8) is 0 Å². The normalized spacial score (nSPS) is 16.5. The number of carboxylic acids is 1. The number of carbonyl (C=O) groups is 6. The molecule has 270 valence electrons. The zero-order valence-corrected chi connectivity index (χ0v) is 27.6. The number of rotatable bonds is 10. The van der Waals surface area contributed by atoms with Crippen LogP contribution in [0.5, 0.6) is 11.5 Å². The Bertz CT molecular complexity index is 2220. The van der Waals surface area contributed by atoms with Crippen molar-refractivity contribution in [1.82, 2.24) is 44.0 Å². The summed E-state index contributed by atoms with van der Waals surface area (Å²) in [6.45, 7) is 0.751. The van der Waals surface area contributed by atoms with Crippen molar-refractivity contribution in [3.05, 3.63) is 45.5 Å². The predicted molar refractivity (Wildman–Crippen MR) is 168 cm³/mol. The second kappa shape index (κ2) is 13.0. The number of imide groups is 1. The summed E-state index contributed by atoms with van der Waals surface area (Å²) in [6, 6.07) is -3.25. The molecule has 7 amide bonds. The predicted octanol–water partition coefficient (Wildman–Crippen LogP) is -2.91. The number of nitrogen functional groups attached to an aromatic ring is 1. The standard InChI is InChI=1S/C25H25N11O13S2/c1-25(2,21(43)44)49-31-16(12-9-50-22(26)29-12)18(40)28-11-7-34(20(11)42)23(45)32-51(47,48)36-4-3-35(24(36)46)30-17(39)10-6-27-15-5-13(37)14(38)8-33(15)19(10)41/h5-6,8-9,11,37-38H,3-4,7H2,1-2H3,(H2,26,29)(H,28,40)(H,30,39)(H,32,45)(H,43,44)/t11-/m0/s1. The van der Waals surface area contributed by atoms with E-state index in [0.717, 1.165) is 48.0 Å². The lowest BCUT2D eigenvalue weighted by molar-refractivity contribution is -0.161. The van der Waals surface area contributed by atoms with Crippen LogP contribution >= 0.6 is 11.3 Å². The maximum atomic E-state index is 13.0. The van der Waals surface area contributed by atoms with Crippen molar-refractivity contribution in [3.8, 4) is 11.5 Å². The molecule has 0 saturated carbocycles. The SMILES string of the molecule is CC(C)(ON=C(C(=O)N[C@H]1CN(C(=O)NS(=O)(=O)N2CCN(NC(=O)c3cnc4cc(O)c(O)cn4c3=O)C2=O)C1=O)c1csc(N)n1)C(=O)O. The van der Waals surface area contributed by atoms with E-state index in [1.165, 1.54) is 5.38 Å². The number of likely N-dealkylation sites (tertiary alicyclic amines) is 1. The Kier molecular flexibility index (Phi) is 9.14. The van der Waals surface area contributed by atoms with Gasteiger partial charge in [0.05, 0.1) is 25.8 Å². The van der Waals surface area contributed by atoms with Gasteiger partial charge in [-0.25, -0.2) is 38.4 Å². The van der Waals surface area contributed by atoms with Crippen LogP contribution in [-0.2, 0) is 29.4 Å². The molecule has 5 rings (SSSR count). The third kappa shape index (κ3) is 6.97. The molecule has 2 aliphatic heterocycles. The third-order valence-electron chi connectivity index (χ3n) is 7.10. The van der Waals surface area contributed by atoms with E-state index in [-0.39, 0.29) is 20.8 Å². The largest absolute Gasteiger partial charge is 0.504 e. The molecule has 24 nitrogen and oxygen atoms in total. The van der Waals surface area contributed by atoms with Gasteiger partial charge >= 0.3 is 28.2 Å². The molecule has 8 N–H and O–H groups in total. The monoisotopic (exact) mass is 751 g/mol. The van der Waals surface area contributed by atoms with E-state index >= 15 is 0 Å². The molecule has 0 aliphatic carbocycles. The van der Waals surface area contributed by atoms with Crippen molar-refractivity contribution >= 4 is 73.8 Å². The summed E-state index contributed by atoms with van der Waals surface area (Å²) in [5.74, 6) is -6.01. The first-order valence-corrected chi connectivity index (χ1v) is 16.4. The van der Waals surface area contributed by atoms with Gasteiger partial charge in [-0.3, -0.25) is 33.9 Å². The summed E-state index contributed by atoms with van der Waals surface area (Å²) in [5.41, 5.74) is 3.36. The number of nitrogens with zero attached hydrogens (tertiary/aromatic N) is 7. The number of amides is 7. The molecular weight excluding hydrogens is 726 g/mol. The number of hydrogen-bond donors (Lipinski definition) is 7. The van der Waals surface area contributed by atoms with E-state index in [0.29, 0.717) is 9.91 Å². The minimum absolute atomic E-state index is 0.0242. The fourth-order valence-electron chi connectivity index (χ4n) is 4.24. The average Bonchev–Trinajstić information content (AvgIpc) is 3.64. The van der Waals surface area contributed by atoms with Gasteiger partial charge in [-0.05, 0) is 13.8 Å². The lowest BCUT2D eigenvalue weighted by atomic mass is 10.1. The van der Waals surface area contributed by atoms with Crippen LogP contribution in [0.25, 0.3) is 5.65 Å². The number of anilines is 1. The summed E-state index contributed by atoms with van der Waals surface area (Å²) < 4.78 is 28.3. The first-order chi connectivity index (χ1) is 23.8. The number of hydrazine groups is 1. The molecule has 51 heavy (non-hydrogen) atoms. The van der Waals surface area contributed by atoms with E-state index in [2.05, 4.69) is 25.9 Å².